The van der Waals surface area contributed by atoms with E-state index in [2.05, 4.69) is 0 Å². The number of hydrogen-bond donors (Lipinski definition) is 0. The highest BCUT2D eigenvalue weighted by Crippen LogP contribution is 2.46. The molecule has 4 aliphatic rings. The van der Waals surface area contributed by atoms with Gasteiger partial charge in [-0.2, -0.15) is 0 Å². The van der Waals surface area contributed by atoms with Gasteiger partial charge in [0.2, 0.25) is 0 Å². The molecule has 4 aliphatic carbocycles. The minimum absolute atomic E-state index is 1.12. The van der Waals surface area contributed by atoms with Crippen LogP contribution in [0.25, 0.3) is 0 Å². The first-order valence-corrected chi connectivity index (χ1v) is 14.9. The Labute approximate surface area is 189 Å². The fourth-order valence-electron chi connectivity index (χ4n) is 8.73. The number of unbranched alkanes of at least 4 members (excludes halogenated alkanes) is 7. The predicted molar refractivity (Wildman–Crippen MR) is 132 cm³/mol. The zero-order valence-corrected chi connectivity index (χ0v) is 20.4. The average Bonchev–Trinajstić information content (AvgIpc) is 2.80. The molecule has 0 radical (unpaired) electrons. The smallest absolute Gasteiger partial charge is 0.0357 e. The van der Waals surface area contributed by atoms with E-state index in [0.717, 1.165) is 35.5 Å². The lowest BCUT2D eigenvalue weighted by atomic mass is 9.64. The van der Waals surface area contributed by atoms with Crippen molar-refractivity contribution in [2.75, 3.05) is 0 Å². The third-order valence-electron chi connectivity index (χ3n) is 10.3. The molecule has 0 heteroatoms. The molecule has 6 atom stereocenters. The lowest BCUT2D eigenvalue weighted by Crippen LogP contribution is -2.30. The van der Waals surface area contributed by atoms with Crippen molar-refractivity contribution < 1.29 is 0 Å². The van der Waals surface area contributed by atoms with Crippen molar-refractivity contribution in [3.8, 4) is 0 Å². The molecule has 4 saturated carbocycles. The van der Waals surface area contributed by atoms with E-state index >= 15 is 0 Å². The average molecular weight is 415 g/mol. The summed E-state index contributed by atoms with van der Waals surface area (Å²) in [7, 11) is 0. The Bertz CT molecular complexity index is 407. The summed E-state index contributed by atoms with van der Waals surface area (Å²) in [5.74, 6) is 6.78. The second-order valence-electron chi connectivity index (χ2n) is 12.2. The van der Waals surface area contributed by atoms with Gasteiger partial charge in [0, 0.05) is 0 Å². The molecule has 4 rings (SSSR count). The van der Waals surface area contributed by atoms with Gasteiger partial charge in [-0.25, -0.2) is 0 Å². The van der Waals surface area contributed by atoms with Crippen molar-refractivity contribution in [1.29, 1.82) is 0 Å². The quantitative estimate of drug-likeness (QED) is 0.295. The first-order chi connectivity index (χ1) is 14.9. The second-order valence-corrected chi connectivity index (χ2v) is 12.2. The van der Waals surface area contributed by atoms with E-state index in [9.17, 15) is 0 Å². The van der Waals surface area contributed by atoms with Crippen LogP contribution in [-0.2, 0) is 0 Å². The normalized spacial score (nSPS) is 36.8. The maximum absolute atomic E-state index is 1.58. The highest BCUT2D eigenvalue weighted by molar-refractivity contribution is 4.86. The van der Waals surface area contributed by atoms with Crippen LogP contribution in [0.2, 0.25) is 0 Å². The van der Waals surface area contributed by atoms with Crippen molar-refractivity contribution in [1.82, 2.24) is 0 Å². The molecule has 0 spiro atoms. The Morgan fingerprint density at radius 2 is 0.700 bits per heavy atom. The molecule has 0 bridgehead atoms. The van der Waals surface area contributed by atoms with Gasteiger partial charge in [0.25, 0.3) is 0 Å². The zero-order valence-electron chi connectivity index (χ0n) is 20.4. The van der Waals surface area contributed by atoms with Crippen LogP contribution in [0.5, 0.6) is 0 Å². The first kappa shape index (κ1) is 23.2. The molecule has 30 heavy (non-hydrogen) atoms. The third-order valence-corrected chi connectivity index (χ3v) is 10.3. The Morgan fingerprint density at radius 3 is 1.17 bits per heavy atom. The van der Waals surface area contributed by atoms with Gasteiger partial charge in [-0.15, -0.1) is 0 Å². The van der Waals surface area contributed by atoms with Crippen molar-refractivity contribution in [3.63, 3.8) is 0 Å². The maximum Gasteiger partial charge on any atom is -0.0357 e. The molecule has 4 fully saturated rings. The van der Waals surface area contributed by atoms with Gasteiger partial charge in [0.1, 0.15) is 0 Å². The van der Waals surface area contributed by atoms with Gasteiger partial charge in [0.05, 0.1) is 0 Å². The van der Waals surface area contributed by atoms with E-state index < -0.39 is 0 Å². The van der Waals surface area contributed by atoms with E-state index in [0.29, 0.717) is 0 Å². The standard InChI is InChI=1S/C30H54/c1(3-5-7-15-25-19-13-21-27-17-9-11-23-29(25)27)2-4-6-8-16-26-20-14-22-28-18-10-12-24-30(26)28/h25-30H,1-24H2. The molecule has 0 N–H and O–H groups in total. The number of rotatable bonds is 11. The van der Waals surface area contributed by atoms with Crippen LogP contribution < -0.4 is 0 Å². The molecule has 0 heterocycles. The molecule has 6 unspecified atom stereocenters. The Hall–Kier alpha value is 0. The largest absolute Gasteiger partial charge is 0.0533 e. The van der Waals surface area contributed by atoms with E-state index in [1.807, 2.05) is 0 Å². The van der Waals surface area contributed by atoms with Crippen molar-refractivity contribution in [3.05, 3.63) is 0 Å². The lowest BCUT2D eigenvalue weighted by molar-refractivity contribution is 0.0959. The minimum atomic E-state index is 1.12. The molecule has 174 valence electrons. The van der Waals surface area contributed by atoms with Crippen LogP contribution in [0.1, 0.15) is 154 Å². The Morgan fingerprint density at radius 1 is 0.333 bits per heavy atom. The summed E-state index contributed by atoms with van der Waals surface area (Å²) in [6.45, 7) is 0. The first-order valence-electron chi connectivity index (χ1n) is 14.9. The summed E-state index contributed by atoms with van der Waals surface area (Å²) < 4.78 is 0. The highest BCUT2D eigenvalue weighted by atomic mass is 14.4. The second kappa shape index (κ2) is 12.9. The van der Waals surface area contributed by atoms with Gasteiger partial charge in [-0.1, -0.05) is 141 Å². The molecule has 0 aromatic heterocycles. The molecule has 0 amide bonds. The van der Waals surface area contributed by atoms with E-state index in [4.69, 9.17) is 0 Å². The van der Waals surface area contributed by atoms with E-state index in [1.54, 1.807) is 89.9 Å². The number of fused-ring (bicyclic) bond motifs is 2. The Kier molecular flexibility index (Phi) is 9.95. The van der Waals surface area contributed by atoms with Gasteiger partial charge in [-0.3, -0.25) is 0 Å². The van der Waals surface area contributed by atoms with Gasteiger partial charge in [-0.05, 0) is 48.3 Å². The lowest BCUT2D eigenvalue weighted by Gasteiger charge is -2.41. The monoisotopic (exact) mass is 414 g/mol. The summed E-state index contributed by atoms with van der Waals surface area (Å²) in [5.41, 5.74) is 0. The van der Waals surface area contributed by atoms with Crippen LogP contribution in [0, 0.1) is 35.5 Å². The van der Waals surface area contributed by atoms with Crippen molar-refractivity contribution in [2.45, 2.75) is 154 Å². The molecule has 0 nitrogen and oxygen atoms in total. The van der Waals surface area contributed by atoms with Gasteiger partial charge >= 0.3 is 0 Å². The Balaban J connectivity index is 0.979. The predicted octanol–water partition coefficient (Wildman–Crippen LogP) is 10.1. The van der Waals surface area contributed by atoms with Crippen LogP contribution in [-0.4, -0.2) is 0 Å². The topological polar surface area (TPSA) is 0 Å². The van der Waals surface area contributed by atoms with Crippen molar-refractivity contribution in [2.24, 2.45) is 35.5 Å². The third kappa shape index (κ3) is 6.75. The molecular formula is C30H54. The summed E-state index contributed by atoms with van der Waals surface area (Å²) in [6, 6.07) is 0. The molecule has 0 saturated heterocycles. The van der Waals surface area contributed by atoms with Crippen LogP contribution in [0.3, 0.4) is 0 Å². The van der Waals surface area contributed by atoms with Gasteiger partial charge < -0.3 is 0 Å². The summed E-state index contributed by atoms with van der Waals surface area (Å²) in [4.78, 5) is 0. The number of hydrogen-bond acceptors (Lipinski definition) is 0. The van der Waals surface area contributed by atoms with Crippen molar-refractivity contribution >= 4 is 0 Å². The molecule has 0 aromatic carbocycles. The van der Waals surface area contributed by atoms with Crippen LogP contribution in [0.15, 0.2) is 0 Å². The SMILES string of the molecule is C(CCCCCC1CCCC2CCCCC12)CCCCC1CCCC2CCCCC12. The molecular weight excluding hydrogens is 360 g/mol. The minimum Gasteiger partial charge on any atom is -0.0533 e. The zero-order chi connectivity index (χ0) is 20.4. The van der Waals surface area contributed by atoms with Gasteiger partial charge in [0.15, 0.2) is 0 Å². The van der Waals surface area contributed by atoms with Crippen LogP contribution >= 0.6 is 0 Å². The van der Waals surface area contributed by atoms with Crippen LogP contribution in [0.4, 0.5) is 0 Å². The fraction of sp³-hybridized carbons (Fsp3) is 1.00. The van der Waals surface area contributed by atoms with E-state index in [-0.39, 0.29) is 0 Å². The summed E-state index contributed by atoms with van der Waals surface area (Å²) in [5, 5.41) is 0. The highest BCUT2D eigenvalue weighted by Gasteiger charge is 2.35. The molecule has 0 aromatic rings. The van der Waals surface area contributed by atoms with E-state index in [1.165, 1.54) is 64.2 Å². The summed E-state index contributed by atoms with van der Waals surface area (Å²) >= 11 is 0. The molecule has 0 aliphatic heterocycles. The maximum atomic E-state index is 1.58. The summed E-state index contributed by atoms with van der Waals surface area (Å²) in [6.07, 6.45) is 37.2. The fourth-order valence-corrected chi connectivity index (χ4v) is 8.73.